The Morgan fingerprint density at radius 3 is 2.36 bits per heavy atom. The van der Waals surface area contributed by atoms with E-state index in [1.54, 1.807) is 30.3 Å². The molecule has 25 heavy (non-hydrogen) atoms. The molecule has 2 aromatic rings. The number of halogens is 1. The molecule has 0 aromatic heterocycles. The first-order chi connectivity index (χ1) is 12.0. The first-order valence-corrected chi connectivity index (χ1v) is 8.18. The lowest BCUT2D eigenvalue weighted by atomic mass is 9.78. The molecular weight excluding hydrogens is 325 g/mol. The summed E-state index contributed by atoms with van der Waals surface area (Å²) in [7, 11) is 0. The minimum atomic E-state index is -0.938. The molecule has 0 unspecified atom stereocenters. The molecule has 0 aliphatic heterocycles. The summed E-state index contributed by atoms with van der Waals surface area (Å²) in [6.07, 6.45) is 2.82. The van der Waals surface area contributed by atoms with Crippen LogP contribution in [-0.4, -0.2) is 10.9 Å². The van der Waals surface area contributed by atoms with E-state index in [0.29, 0.717) is 24.0 Å². The molecule has 1 aliphatic carbocycles. The van der Waals surface area contributed by atoms with Crippen molar-refractivity contribution in [2.24, 2.45) is 0 Å². The Morgan fingerprint density at radius 2 is 1.76 bits per heavy atom. The van der Waals surface area contributed by atoms with E-state index in [2.05, 4.69) is 0 Å². The summed E-state index contributed by atoms with van der Waals surface area (Å²) in [5, 5.41) is 10.7. The molecule has 0 atom stereocenters. The third-order valence-corrected chi connectivity index (χ3v) is 4.75. The Bertz CT molecular complexity index is 782. The van der Waals surface area contributed by atoms with Gasteiger partial charge in [-0.05, 0) is 36.6 Å². The molecular formula is C19H18FNO4. The van der Waals surface area contributed by atoms with Gasteiger partial charge >= 0.3 is 5.97 Å². The molecule has 1 aliphatic rings. The van der Waals surface area contributed by atoms with Gasteiger partial charge < -0.3 is 4.74 Å². The number of non-ortho nitro benzene ring substituents is 1. The number of nitro groups is 1. The Hall–Kier alpha value is -2.76. The normalized spacial score (nSPS) is 15.7. The van der Waals surface area contributed by atoms with Crippen LogP contribution in [-0.2, 0) is 21.6 Å². The number of carbonyl (C=O) groups excluding carboxylic acids is 1. The van der Waals surface area contributed by atoms with E-state index in [0.717, 1.165) is 12.8 Å². The molecule has 0 amide bonds. The zero-order valence-electron chi connectivity index (χ0n) is 13.6. The van der Waals surface area contributed by atoms with Gasteiger partial charge in [0.1, 0.15) is 12.4 Å². The van der Waals surface area contributed by atoms with Gasteiger partial charge in [0.05, 0.1) is 10.3 Å². The zero-order chi connectivity index (χ0) is 17.9. The number of carbonyl (C=O) groups is 1. The highest BCUT2D eigenvalue weighted by atomic mass is 19.1. The van der Waals surface area contributed by atoms with E-state index in [-0.39, 0.29) is 12.3 Å². The van der Waals surface area contributed by atoms with E-state index in [1.165, 1.54) is 18.2 Å². The first kappa shape index (κ1) is 17.1. The molecule has 0 radical (unpaired) electrons. The fraction of sp³-hybridized carbons (Fsp3) is 0.316. The molecule has 0 heterocycles. The summed E-state index contributed by atoms with van der Waals surface area (Å²) in [6, 6.07) is 12.2. The molecule has 1 fully saturated rings. The van der Waals surface area contributed by atoms with Gasteiger partial charge in [-0.1, -0.05) is 31.0 Å². The van der Waals surface area contributed by atoms with Crippen molar-refractivity contribution in [3.63, 3.8) is 0 Å². The second kappa shape index (κ2) is 7.01. The van der Waals surface area contributed by atoms with Crippen molar-refractivity contribution in [1.82, 2.24) is 0 Å². The number of benzene rings is 2. The summed E-state index contributed by atoms with van der Waals surface area (Å²) < 4.78 is 19.7. The molecule has 0 N–H and O–H groups in total. The number of nitrogens with zero attached hydrogens (tertiary/aromatic N) is 1. The molecule has 1 saturated carbocycles. The lowest BCUT2D eigenvalue weighted by Crippen LogP contribution is -2.35. The van der Waals surface area contributed by atoms with Crippen LogP contribution in [0.2, 0.25) is 0 Å². The van der Waals surface area contributed by atoms with Crippen molar-refractivity contribution in [1.29, 1.82) is 0 Å². The SMILES string of the molecule is O=C(OCc1ccc([N+](=O)[O-])cc1)C1(c2ccccc2F)CCCC1. The Labute approximate surface area is 144 Å². The summed E-state index contributed by atoms with van der Waals surface area (Å²) in [5.74, 6) is -0.829. The highest BCUT2D eigenvalue weighted by Crippen LogP contribution is 2.43. The standard InChI is InChI=1S/C19H18FNO4/c20-17-6-2-1-5-16(17)19(11-3-4-12-19)18(22)25-13-14-7-9-15(10-8-14)21(23)24/h1-2,5-10H,3-4,11-13H2. The second-order valence-corrected chi connectivity index (χ2v) is 6.27. The van der Waals surface area contributed by atoms with E-state index in [9.17, 15) is 19.3 Å². The average Bonchev–Trinajstić information content (AvgIpc) is 3.11. The lowest BCUT2D eigenvalue weighted by molar-refractivity contribution is -0.384. The molecule has 3 rings (SSSR count). The van der Waals surface area contributed by atoms with Crippen LogP contribution in [0.4, 0.5) is 10.1 Å². The van der Waals surface area contributed by atoms with E-state index in [4.69, 9.17) is 4.74 Å². The van der Waals surface area contributed by atoms with Gasteiger partial charge in [-0.3, -0.25) is 14.9 Å². The van der Waals surface area contributed by atoms with Crippen LogP contribution in [0, 0.1) is 15.9 Å². The minimum Gasteiger partial charge on any atom is -0.460 e. The van der Waals surface area contributed by atoms with Crippen molar-refractivity contribution in [3.05, 3.63) is 75.6 Å². The van der Waals surface area contributed by atoms with Crippen molar-refractivity contribution >= 4 is 11.7 Å². The Balaban J connectivity index is 1.76. The molecule has 0 spiro atoms. The van der Waals surface area contributed by atoms with Gasteiger partial charge in [0.25, 0.3) is 5.69 Å². The van der Waals surface area contributed by atoms with Crippen LogP contribution < -0.4 is 0 Å². The number of hydrogen-bond acceptors (Lipinski definition) is 4. The van der Waals surface area contributed by atoms with Gasteiger partial charge in [-0.15, -0.1) is 0 Å². The van der Waals surface area contributed by atoms with Crippen LogP contribution in [0.25, 0.3) is 0 Å². The second-order valence-electron chi connectivity index (χ2n) is 6.27. The fourth-order valence-electron chi connectivity index (χ4n) is 3.41. The van der Waals surface area contributed by atoms with Gasteiger partial charge in [0, 0.05) is 17.7 Å². The van der Waals surface area contributed by atoms with Gasteiger partial charge in [0.15, 0.2) is 0 Å². The lowest BCUT2D eigenvalue weighted by Gasteiger charge is -2.27. The summed E-state index contributed by atoms with van der Waals surface area (Å²) in [6.45, 7) is 0.00697. The van der Waals surface area contributed by atoms with Crippen LogP contribution in [0.15, 0.2) is 48.5 Å². The summed E-state index contributed by atoms with van der Waals surface area (Å²) in [5.41, 5.74) is 0.0853. The predicted molar refractivity (Wildman–Crippen MR) is 89.4 cm³/mol. The van der Waals surface area contributed by atoms with Crippen molar-refractivity contribution in [2.75, 3.05) is 0 Å². The molecule has 0 saturated heterocycles. The van der Waals surface area contributed by atoms with Crippen molar-refractivity contribution in [3.8, 4) is 0 Å². The van der Waals surface area contributed by atoms with E-state index >= 15 is 0 Å². The van der Waals surface area contributed by atoms with Crippen LogP contribution in [0.1, 0.15) is 36.8 Å². The van der Waals surface area contributed by atoms with E-state index in [1.807, 2.05) is 0 Å². The number of nitro benzene ring substituents is 1. The first-order valence-electron chi connectivity index (χ1n) is 8.18. The molecule has 6 heteroatoms. The quantitative estimate of drug-likeness (QED) is 0.461. The minimum absolute atomic E-state index is 0.00697. The Kier molecular flexibility index (Phi) is 4.79. The van der Waals surface area contributed by atoms with Crippen LogP contribution >= 0.6 is 0 Å². The van der Waals surface area contributed by atoms with Gasteiger partial charge in [-0.25, -0.2) is 4.39 Å². The smallest absolute Gasteiger partial charge is 0.317 e. The maximum Gasteiger partial charge on any atom is 0.317 e. The average molecular weight is 343 g/mol. The number of hydrogen-bond donors (Lipinski definition) is 0. The number of ether oxygens (including phenoxy) is 1. The topological polar surface area (TPSA) is 69.4 Å². The van der Waals surface area contributed by atoms with Crippen LogP contribution in [0.5, 0.6) is 0 Å². The molecule has 2 aromatic carbocycles. The van der Waals surface area contributed by atoms with Gasteiger partial charge in [-0.2, -0.15) is 0 Å². The number of esters is 1. The summed E-state index contributed by atoms with van der Waals surface area (Å²) in [4.78, 5) is 23.0. The van der Waals surface area contributed by atoms with Crippen LogP contribution in [0.3, 0.4) is 0 Å². The highest BCUT2D eigenvalue weighted by Gasteiger charge is 2.45. The monoisotopic (exact) mass is 343 g/mol. The number of rotatable bonds is 5. The molecule has 130 valence electrons. The largest absolute Gasteiger partial charge is 0.460 e. The molecule has 0 bridgehead atoms. The van der Waals surface area contributed by atoms with Gasteiger partial charge in [0.2, 0.25) is 0 Å². The molecule has 5 nitrogen and oxygen atoms in total. The van der Waals surface area contributed by atoms with E-state index < -0.39 is 22.1 Å². The van der Waals surface area contributed by atoms with Crippen molar-refractivity contribution in [2.45, 2.75) is 37.7 Å². The summed E-state index contributed by atoms with van der Waals surface area (Å²) >= 11 is 0. The predicted octanol–water partition coefficient (Wildman–Crippen LogP) is 4.29. The fourth-order valence-corrected chi connectivity index (χ4v) is 3.41. The maximum atomic E-state index is 14.3. The Morgan fingerprint density at radius 1 is 1.12 bits per heavy atom. The maximum absolute atomic E-state index is 14.3. The van der Waals surface area contributed by atoms with Crippen molar-refractivity contribution < 1.29 is 18.8 Å². The zero-order valence-corrected chi connectivity index (χ0v) is 13.6. The highest BCUT2D eigenvalue weighted by molar-refractivity contribution is 5.83. The third kappa shape index (κ3) is 3.38. The third-order valence-electron chi connectivity index (χ3n) is 4.75.